The van der Waals surface area contributed by atoms with Crippen LogP contribution in [0.15, 0.2) is 36.4 Å². The smallest absolute Gasteiger partial charge is 0.196 e. The summed E-state index contributed by atoms with van der Waals surface area (Å²) < 4.78 is 4.32. The van der Waals surface area contributed by atoms with E-state index in [0.717, 1.165) is 55.3 Å². The van der Waals surface area contributed by atoms with E-state index in [0.29, 0.717) is 11.7 Å². The van der Waals surface area contributed by atoms with Gasteiger partial charge in [-0.3, -0.25) is 0 Å². The van der Waals surface area contributed by atoms with Crippen LogP contribution in [0.5, 0.6) is 0 Å². The third-order valence-electron chi connectivity index (χ3n) is 6.34. The second kappa shape index (κ2) is 9.91. The third kappa shape index (κ3) is 4.95. The van der Waals surface area contributed by atoms with Gasteiger partial charge in [0.1, 0.15) is 5.82 Å². The topological polar surface area (TPSA) is 90.1 Å². The Hall–Kier alpha value is -3.29. The van der Waals surface area contributed by atoms with Crippen LogP contribution in [0.4, 0.5) is 0 Å². The number of tetrazole rings is 1. The predicted molar refractivity (Wildman–Crippen MR) is 134 cm³/mol. The molecule has 0 radical (unpaired) electrons. The van der Waals surface area contributed by atoms with Crippen molar-refractivity contribution in [2.45, 2.75) is 85.1 Å². The summed E-state index contributed by atoms with van der Waals surface area (Å²) in [6, 6.07) is 12.9. The lowest BCUT2D eigenvalue weighted by Gasteiger charge is -2.23. The lowest BCUT2D eigenvalue weighted by Crippen LogP contribution is -2.17. The molecule has 0 spiro atoms. The van der Waals surface area contributed by atoms with Crippen LogP contribution >= 0.6 is 0 Å². The van der Waals surface area contributed by atoms with Crippen molar-refractivity contribution in [3.8, 4) is 17.2 Å². The summed E-state index contributed by atoms with van der Waals surface area (Å²) in [5, 5.41) is 19.4. The summed E-state index contributed by atoms with van der Waals surface area (Å²) in [7, 11) is 0. The molecule has 0 aliphatic heterocycles. The average molecular weight is 461 g/mol. The van der Waals surface area contributed by atoms with E-state index in [1.165, 1.54) is 11.3 Å². The van der Waals surface area contributed by atoms with E-state index >= 15 is 0 Å². The number of aryl methyl sites for hydroxylation is 1. The van der Waals surface area contributed by atoms with E-state index in [4.69, 9.17) is 10.1 Å². The monoisotopic (exact) mass is 460 g/mol. The lowest BCUT2D eigenvalue weighted by molar-refractivity contribution is 0.557. The molecule has 180 valence electrons. The van der Waals surface area contributed by atoms with Gasteiger partial charge in [-0.25, -0.2) is 14.8 Å². The Morgan fingerprint density at radius 1 is 1.03 bits per heavy atom. The van der Waals surface area contributed by atoms with Gasteiger partial charge in [-0.15, -0.1) is 5.10 Å². The fourth-order valence-corrected chi connectivity index (χ4v) is 4.11. The highest BCUT2D eigenvalue weighted by molar-refractivity contribution is 5.57. The van der Waals surface area contributed by atoms with Crippen LogP contribution in [0, 0.1) is 0 Å². The zero-order valence-corrected chi connectivity index (χ0v) is 21.2. The molecule has 0 aliphatic carbocycles. The molecule has 0 bridgehead atoms. The molecule has 1 unspecified atom stereocenters. The quantitative estimate of drug-likeness (QED) is 0.359. The Bertz CT molecular complexity index is 1190. The van der Waals surface area contributed by atoms with Crippen LogP contribution in [-0.4, -0.2) is 40.0 Å². The van der Waals surface area contributed by atoms with Crippen LogP contribution in [-0.2, 0) is 18.4 Å². The van der Waals surface area contributed by atoms with Crippen molar-refractivity contribution in [1.29, 1.82) is 0 Å². The van der Waals surface area contributed by atoms with Gasteiger partial charge in [-0.1, -0.05) is 60.1 Å². The summed E-state index contributed by atoms with van der Waals surface area (Å²) in [4.78, 5) is 4.88. The van der Waals surface area contributed by atoms with Gasteiger partial charge in [0.25, 0.3) is 0 Å². The Labute approximate surface area is 201 Å². The Morgan fingerprint density at radius 2 is 1.79 bits per heavy atom. The number of nitrogens with one attached hydrogen (secondary N) is 1. The van der Waals surface area contributed by atoms with Crippen molar-refractivity contribution in [2.24, 2.45) is 0 Å². The van der Waals surface area contributed by atoms with E-state index in [9.17, 15) is 0 Å². The summed E-state index contributed by atoms with van der Waals surface area (Å²) in [6.07, 6.45) is 4.28. The first-order valence-corrected chi connectivity index (χ1v) is 12.3. The summed E-state index contributed by atoms with van der Waals surface area (Å²) in [5.74, 6) is 3.07. The standard InChI is InChI=1S/C26H36N8/c1-7-9-10-23-27-24(18(3)8-2)30-33(23)17-19-11-13-20(14-12-19)34-21(25-28-31-32-29-25)15-16-22(34)26(4,5)6/h11-16,18H,7-10,17H2,1-6H3,(H,28,29,31,32). The zero-order chi connectivity index (χ0) is 24.3. The maximum absolute atomic E-state index is 4.88. The molecule has 3 heterocycles. The first kappa shape index (κ1) is 23.9. The molecular weight excluding hydrogens is 424 g/mol. The number of aromatic nitrogens is 8. The van der Waals surface area contributed by atoms with E-state index in [1.807, 2.05) is 0 Å². The van der Waals surface area contributed by atoms with Gasteiger partial charge in [-0.2, -0.15) is 5.10 Å². The van der Waals surface area contributed by atoms with Gasteiger partial charge in [0, 0.05) is 29.1 Å². The molecule has 1 aromatic carbocycles. The molecule has 0 saturated carbocycles. The Balaban J connectivity index is 1.65. The van der Waals surface area contributed by atoms with Gasteiger partial charge >= 0.3 is 0 Å². The van der Waals surface area contributed by atoms with Gasteiger partial charge in [-0.05, 0) is 53.1 Å². The third-order valence-corrected chi connectivity index (χ3v) is 6.34. The van der Waals surface area contributed by atoms with Crippen LogP contribution in [0.25, 0.3) is 17.2 Å². The normalized spacial score (nSPS) is 12.9. The molecule has 0 amide bonds. The second-order valence-electron chi connectivity index (χ2n) is 10.1. The maximum Gasteiger partial charge on any atom is 0.196 e. The van der Waals surface area contributed by atoms with Gasteiger partial charge in [0.15, 0.2) is 11.6 Å². The highest BCUT2D eigenvalue weighted by atomic mass is 15.5. The number of unbranched alkanes of at least 4 members (excludes halogenated alkanes) is 1. The highest BCUT2D eigenvalue weighted by Gasteiger charge is 2.23. The minimum Gasteiger partial charge on any atom is -0.310 e. The number of rotatable bonds is 9. The number of nitrogens with zero attached hydrogens (tertiary/aromatic N) is 7. The van der Waals surface area contributed by atoms with Crippen molar-refractivity contribution in [3.63, 3.8) is 0 Å². The molecular formula is C26H36N8. The van der Waals surface area contributed by atoms with Crippen LogP contribution in [0.2, 0.25) is 0 Å². The molecule has 0 fully saturated rings. The van der Waals surface area contributed by atoms with E-state index in [1.54, 1.807) is 0 Å². The van der Waals surface area contributed by atoms with Gasteiger partial charge < -0.3 is 4.57 Å². The van der Waals surface area contributed by atoms with Crippen molar-refractivity contribution < 1.29 is 0 Å². The number of benzene rings is 1. The highest BCUT2D eigenvalue weighted by Crippen LogP contribution is 2.31. The first-order valence-electron chi connectivity index (χ1n) is 12.3. The molecule has 8 nitrogen and oxygen atoms in total. The lowest BCUT2D eigenvalue weighted by atomic mass is 9.92. The molecule has 1 N–H and O–H groups in total. The maximum atomic E-state index is 4.88. The minimum absolute atomic E-state index is 0.0361. The number of H-pyrrole nitrogens is 1. The largest absolute Gasteiger partial charge is 0.310 e. The van der Waals surface area contributed by atoms with Crippen LogP contribution in [0.1, 0.15) is 89.6 Å². The summed E-state index contributed by atoms with van der Waals surface area (Å²) >= 11 is 0. The molecule has 4 rings (SSSR count). The van der Waals surface area contributed by atoms with Crippen LogP contribution < -0.4 is 0 Å². The van der Waals surface area contributed by atoms with Crippen molar-refractivity contribution in [3.05, 3.63) is 59.3 Å². The zero-order valence-electron chi connectivity index (χ0n) is 21.2. The van der Waals surface area contributed by atoms with Gasteiger partial charge in [0.05, 0.1) is 12.2 Å². The number of aromatic amines is 1. The molecule has 0 saturated heterocycles. The minimum atomic E-state index is -0.0361. The molecule has 8 heteroatoms. The molecule has 34 heavy (non-hydrogen) atoms. The van der Waals surface area contributed by atoms with Crippen LogP contribution in [0.3, 0.4) is 0 Å². The summed E-state index contributed by atoms with van der Waals surface area (Å²) in [5.41, 5.74) is 4.39. The predicted octanol–water partition coefficient (Wildman–Crippen LogP) is 5.45. The fraction of sp³-hybridized carbons (Fsp3) is 0.500. The average Bonchev–Trinajstić information content (AvgIpc) is 3.56. The molecule has 3 aromatic heterocycles. The Morgan fingerprint density at radius 3 is 2.41 bits per heavy atom. The fourth-order valence-electron chi connectivity index (χ4n) is 4.11. The van der Waals surface area contributed by atoms with Gasteiger partial charge in [0.2, 0.25) is 0 Å². The van der Waals surface area contributed by atoms with Crippen molar-refractivity contribution >= 4 is 0 Å². The van der Waals surface area contributed by atoms with Crippen molar-refractivity contribution in [2.75, 3.05) is 0 Å². The first-order chi connectivity index (χ1) is 16.3. The second-order valence-corrected chi connectivity index (χ2v) is 10.1. The van der Waals surface area contributed by atoms with E-state index < -0.39 is 0 Å². The Kier molecular flexibility index (Phi) is 6.95. The number of hydrogen-bond acceptors (Lipinski definition) is 5. The molecule has 4 aromatic rings. The summed E-state index contributed by atoms with van der Waals surface area (Å²) in [6.45, 7) is 14.0. The molecule has 1 atom stereocenters. The van der Waals surface area contributed by atoms with E-state index in [-0.39, 0.29) is 5.41 Å². The SMILES string of the molecule is CCCCc1nc(C(C)CC)nn1Cc1ccc(-n2c(-c3nnn[nH]3)ccc2C(C)(C)C)cc1. The van der Waals surface area contributed by atoms with Crippen molar-refractivity contribution in [1.82, 2.24) is 40.0 Å². The number of hydrogen-bond donors (Lipinski definition) is 1. The molecule has 0 aliphatic rings. The van der Waals surface area contributed by atoms with E-state index in [2.05, 4.69) is 108 Å².